The van der Waals surface area contributed by atoms with Gasteiger partial charge in [0.2, 0.25) is 10.0 Å². The molecule has 0 atom stereocenters. The second-order valence-corrected chi connectivity index (χ2v) is 8.50. The molecule has 0 unspecified atom stereocenters. The standard InChI is InChI=1S/C15H23N5O3S2/c1-11(2)13-9-12(23-20-13)10-18-15(16-3)17-6-7-19-25(21,22)14-5-4-8-24-14/h4-5,8-9,11,19H,6-7,10H2,1-3H3,(H2,16,17,18). The molecule has 8 nitrogen and oxygen atoms in total. The summed E-state index contributed by atoms with van der Waals surface area (Å²) >= 11 is 1.19. The Balaban J connectivity index is 1.73. The van der Waals surface area contributed by atoms with E-state index in [-0.39, 0.29) is 6.54 Å². The Morgan fingerprint density at radius 1 is 1.36 bits per heavy atom. The van der Waals surface area contributed by atoms with Gasteiger partial charge in [-0.3, -0.25) is 4.99 Å². The van der Waals surface area contributed by atoms with E-state index in [4.69, 9.17) is 4.52 Å². The van der Waals surface area contributed by atoms with E-state index in [9.17, 15) is 8.42 Å². The molecule has 0 aliphatic carbocycles. The minimum atomic E-state index is -3.44. The topological polar surface area (TPSA) is 109 Å². The quantitative estimate of drug-likeness (QED) is 0.361. The third-order valence-electron chi connectivity index (χ3n) is 3.29. The summed E-state index contributed by atoms with van der Waals surface area (Å²) in [4.78, 5) is 4.09. The van der Waals surface area contributed by atoms with Gasteiger partial charge >= 0.3 is 0 Å². The number of aliphatic imine (C=N–C) groups is 1. The summed E-state index contributed by atoms with van der Waals surface area (Å²) in [6.07, 6.45) is 0. The van der Waals surface area contributed by atoms with Crippen molar-refractivity contribution in [2.45, 2.75) is 30.5 Å². The van der Waals surface area contributed by atoms with Crippen molar-refractivity contribution >= 4 is 27.3 Å². The second-order valence-electron chi connectivity index (χ2n) is 5.56. The molecule has 0 aliphatic rings. The second kappa shape index (κ2) is 8.97. The monoisotopic (exact) mass is 385 g/mol. The van der Waals surface area contributed by atoms with E-state index in [0.29, 0.717) is 34.9 Å². The molecule has 2 aromatic rings. The Morgan fingerprint density at radius 3 is 2.76 bits per heavy atom. The summed E-state index contributed by atoms with van der Waals surface area (Å²) in [5.41, 5.74) is 0.905. The lowest BCUT2D eigenvalue weighted by atomic mass is 10.1. The largest absolute Gasteiger partial charge is 0.359 e. The molecule has 2 aromatic heterocycles. The number of nitrogens with zero attached hydrogens (tertiary/aromatic N) is 2. The van der Waals surface area contributed by atoms with Crippen LogP contribution in [-0.4, -0.2) is 39.7 Å². The first-order chi connectivity index (χ1) is 11.9. The number of sulfonamides is 1. The van der Waals surface area contributed by atoms with Crippen molar-refractivity contribution in [2.24, 2.45) is 4.99 Å². The Labute approximate surface area is 151 Å². The van der Waals surface area contributed by atoms with Crippen LogP contribution < -0.4 is 15.4 Å². The number of aromatic nitrogens is 1. The predicted molar refractivity (Wildman–Crippen MR) is 98.3 cm³/mol. The highest BCUT2D eigenvalue weighted by atomic mass is 32.2. The van der Waals surface area contributed by atoms with Crippen LogP contribution >= 0.6 is 11.3 Å². The maximum atomic E-state index is 12.0. The lowest BCUT2D eigenvalue weighted by Gasteiger charge is -2.11. The molecule has 0 bridgehead atoms. The lowest BCUT2D eigenvalue weighted by Crippen LogP contribution is -2.41. The lowest BCUT2D eigenvalue weighted by molar-refractivity contribution is 0.372. The summed E-state index contributed by atoms with van der Waals surface area (Å²) in [5.74, 6) is 1.58. The highest BCUT2D eigenvalue weighted by Crippen LogP contribution is 2.15. The zero-order valence-corrected chi connectivity index (χ0v) is 16.1. The predicted octanol–water partition coefficient (Wildman–Crippen LogP) is 1.50. The molecule has 0 fully saturated rings. The van der Waals surface area contributed by atoms with E-state index in [1.165, 1.54) is 11.3 Å². The third kappa shape index (κ3) is 5.83. The summed E-state index contributed by atoms with van der Waals surface area (Å²) in [7, 11) is -1.79. The van der Waals surface area contributed by atoms with Gasteiger partial charge in [0, 0.05) is 26.2 Å². The fraction of sp³-hybridized carbons (Fsp3) is 0.467. The number of guanidine groups is 1. The fourth-order valence-electron chi connectivity index (χ4n) is 1.93. The van der Waals surface area contributed by atoms with E-state index in [2.05, 4.69) is 25.5 Å². The highest BCUT2D eigenvalue weighted by molar-refractivity contribution is 7.91. The maximum absolute atomic E-state index is 12.0. The Hall–Kier alpha value is -1.91. The van der Waals surface area contributed by atoms with Crippen molar-refractivity contribution in [1.82, 2.24) is 20.5 Å². The molecular formula is C15H23N5O3S2. The highest BCUT2D eigenvalue weighted by Gasteiger charge is 2.14. The minimum Gasteiger partial charge on any atom is -0.359 e. The van der Waals surface area contributed by atoms with Gasteiger partial charge in [0.15, 0.2) is 11.7 Å². The molecule has 2 rings (SSSR count). The number of hydrogen-bond acceptors (Lipinski definition) is 6. The summed E-state index contributed by atoms with van der Waals surface area (Å²) in [5, 5.41) is 11.9. The number of nitrogens with one attached hydrogen (secondary N) is 3. The van der Waals surface area contributed by atoms with Crippen LogP contribution in [0, 0.1) is 0 Å². The van der Waals surface area contributed by atoms with E-state index in [1.807, 2.05) is 19.9 Å². The minimum absolute atomic E-state index is 0.251. The van der Waals surface area contributed by atoms with E-state index < -0.39 is 10.0 Å². The van der Waals surface area contributed by atoms with Gasteiger partial charge in [-0.1, -0.05) is 25.1 Å². The first-order valence-electron chi connectivity index (χ1n) is 7.85. The summed E-state index contributed by atoms with van der Waals surface area (Å²) in [6.45, 7) is 5.19. The zero-order valence-electron chi connectivity index (χ0n) is 14.4. The molecule has 0 aliphatic heterocycles. The van der Waals surface area contributed by atoms with Crippen LogP contribution in [0.25, 0.3) is 0 Å². The van der Waals surface area contributed by atoms with Crippen LogP contribution in [0.2, 0.25) is 0 Å². The van der Waals surface area contributed by atoms with Crippen molar-refractivity contribution in [3.8, 4) is 0 Å². The van der Waals surface area contributed by atoms with Gasteiger partial charge < -0.3 is 15.2 Å². The average Bonchev–Trinajstić information content (AvgIpc) is 3.26. The number of rotatable bonds is 8. The fourth-order valence-corrected chi connectivity index (χ4v) is 4.00. The molecule has 0 spiro atoms. The molecule has 25 heavy (non-hydrogen) atoms. The van der Waals surface area contributed by atoms with E-state index in [0.717, 1.165) is 5.69 Å². The van der Waals surface area contributed by atoms with Gasteiger partial charge in [-0.2, -0.15) is 0 Å². The van der Waals surface area contributed by atoms with Gasteiger partial charge in [-0.25, -0.2) is 13.1 Å². The van der Waals surface area contributed by atoms with Crippen LogP contribution in [0.3, 0.4) is 0 Å². The maximum Gasteiger partial charge on any atom is 0.250 e. The first kappa shape index (κ1) is 19.4. The van der Waals surface area contributed by atoms with Crippen LogP contribution in [0.15, 0.2) is 37.3 Å². The molecular weight excluding hydrogens is 362 g/mol. The Kier molecular flexibility index (Phi) is 6.97. The first-order valence-corrected chi connectivity index (χ1v) is 10.2. The van der Waals surface area contributed by atoms with E-state index >= 15 is 0 Å². The Morgan fingerprint density at radius 2 is 2.16 bits per heavy atom. The van der Waals surface area contributed by atoms with Crippen molar-refractivity contribution in [3.05, 3.63) is 35.0 Å². The van der Waals surface area contributed by atoms with Crippen molar-refractivity contribution in [1.29, 1.82) is 0 Å². The van der Waals surface area contributed by atoms with Crippen molar-refractivity contribution < 1.29 is 12.9 Å². The van der Waals surface area contributed by atoms with Crippen LogP contribution in [0.5, 0.6) is 0 Å². The SMILES string of the molecule is CN=C(NCCNS(=O)(=O)c1cccs1)NCc1cc(C(C)C)no1. The molecule has 10 heteroatoms. The van der Waals surface area contributed by atoms with Crippen LogP contribution in [-0.2, 0) is 16.6 Å². The van der Waals surface area contributed by atoms with Crippen LogP contribution in [0.4, 0.5) is 0 Å². The van der Waals surface area contributed by atoms with Crippen molar-refractivity contribution in [3.63, 3.8) is 0 Å². The summed E-state index contributed by atoms with van der Waals surface area (Å²) in [6, 6.07) is 5.18. The van der Waals surface area contributed by atoms with Gasteiger partial charge in [0.1, 0.15) is 4.21 Å². The van der Waals surface area contributed by atoms with Gasteiger partial charge in [0.05, 0.1) is 12.2 Å². The molecule has 138 valence electrons. The zero-order chi connectivity index (χ0) is 18.3. The molecule has 0 amide bonds. The molecule has 0 aromatic carbocycles. The van der Waals surface area contributed by atoms with Crippen molar-refractivity contribution in [2.75, 3.05) is 20.1 Å². The van der Waals surface area contributed by atoms with Gasteiger partial charge in [-0.05, 0) is 17.4 Å². The molecule has 3 N–H and O–H groups in total. The molecule has 0 saturated carbocycles. The van der Waals surface area contributed by atoms with E-state index in [1.54, 1.807) is 24.6 Å². The van der Waals surface area contributed by atoms with Crippen LogP contribution in [0.1, 0.15) is 31.2 Å². The third-order valence-corrected chi connectivity index (χ3v) is 6.15. The molecule has 2 heterocycles. The molecule has 0 radical (unpaired) electrons. The van der Waals surface area contributed by atoms with Gasteiger partial charge in [-0.15, -0.1) is 11.3 Å². The number of hydrogen-bond donors (Lipinski definition) is 3. The average molecular weight is 386 g/mol. The normalized spacial score (nSPS) is 12.6. The molecule has 0 saturated heterocycles. The smallest absolute Gasteiger partial charge is 0.250 e. The Bertz CT molecular complexity index is 782. The number of thiophene rings is 1. The summed E-state index contributed by atoms with van der Waals surface area (Å²) < 4.78 is 32.1. The van der Waals surface area contributed by atoms with Gasteiger partial charge in [0.25, 0.3) is 0 Å².